The number of aliphatic carboxylic acids is 2. The van der Waals surface area contributed by atoms with Crippen LogP contribution in [-0.2, 0) is 9.59 Å². The second-order valence-electron chi connectivity index (χ2n) is 6.05. The molecule has 0 aliphatic carbocycles. The first-order valence-electron chi connectivity index (χ1n) is 9.07. The maximum Gasteiger partial charge on any atom is 0.328 e. The number of amides is 1. The summed E-state index contributed by atoms with van der Waals surface area (Å²) >= 11 is 0. The van der Waals surface area contributed by atoms with E-state index in [0.29, 0.717) is 36.2 Å². The third-order valence-electron chi connectivity index (χ3n) is 4.25. The first-order valence-corrected chi connectivity index (χ1v) is 9.07. The number of carboxylic acid groups (broad SMARTS) is 2. The Morgan fingerprint density at radius 2 is 1.86 bits per heavy atom. The van der Waals surface area contributed by atoms with Crippen molar-refractivity contribution in [2.45, 2.75) is 25.8 Å². The molecular weight excluding hydrogens is 382 g/mol. The Balaban J connectivity index is 0.000000447. The Labute approximate surface area is 169 Å². The molecule has 1 unspecified atom stereocenters. The molecular formula is C19H27N3O7. The minimum absolute atomic E-state index is 0.162. The fourth-order valence-corrected chi connectivity index (χ4v) is 2.86. The number of carbonyl (C=O) groups excluding carboxylic acids is 1. The van der Waals surface area contributed by atoms with Gasteiger partial charge in [0.15, 0.2) is 0 Å². The SMILES string of the molecule is CCN1CCCC1CNC(=O)c1ccc(OC)nc1OC.O=C(O)/C=C\C(=O)O. The molecule has 0 saturated carbocycles. The van der Waals surface area contributed by atoms with E-state index in [4.69, 9.17) is 19.7 Å². The lowest BCUT2D eigenvalue weighted by molar-refractivity contribution is -0.134. The number of nitrogens with one attached hydrogen (secondary N) is 1. The molecule has 1 aliphatic heterocycles. The average Bonchev–Trinajstić information content (AvgIpc) is 3.18. The maximum absolute atomic E-state index is 12.3. The lowest BCUT2D eigenvalue weighted by atomic mass is 10.2. The zero-order valence-electron chi connectivity index (χ0n) is 16.8. The summed E-state index contributed by atoms with van der Waals surface area (Å²) in [5.74, 6) is -1.97. The van der Waals surface area contributed by atoms with Crippen LogP contribution < -0.4 is 14.8 Å². The number of aromatic nitrogens is 1. The molecule has 3 N–H and O–H groups in total. The maximum atomic E-state index is 12.3. The van der Waals surface area contributed by atoms with Crippen LogP contribution >= 0.6 is 0 Å². The lowest BCUT2D eigenvalue weighted by Gasteiger charge is -2.23. The highest BCUT2D eigenvalue weighted by Gasteiger charge is 2.24. The van der Waals surface area contributed by atoms with Crippen LogP contribution in [0.4, 0.5) is 0 Å². The fourth-order valence-electron chi connectivity index (χ4n) is 2.86. The van der Waals surface area contributed by atoms with Gasteiger partial charge in [0.05, 0.1) is 14.2 Å². The van der Waals surface area contributed by atoms with Gasteiger partial charge >= 0.3 is 11.9 Å². The van der Waals surface area contributed by atoms with Crippen molar-refractivity contribution < 1.29 is 34.1 Å². The van der Waals surface area contributed by atoms with Gasteiger partial charge in [-0.3, -0.25) is 9.69 Å². The summed E-state index contributed by atoms with van der Waals surface area (Å²) in [5, 5.41) is 18.6. The van der Waals surface area contributed by atoms with Crippen LogP contribution in [0.25, 0.3) is 0 Å². The molecule has 0 bridgehead atoms. The molecule has 1 saturated heterocycles. The summed E-state index contributed by atoms with van der Waals surface area (Å²) in [6, 6.07) is 3.76. The van der Waals surface area contributed by atoms with E-state index < -0.39 is 11.9 Å². The van der Waals surface area contributed by atoms with E-state index in [9.17, 15) is 14.4 Å². The zero-order valence-corrected chi connectivity index (χ0v) is 16.8. The molecule has 1 aliphatic rings. The Hall–Kier alpha value is -3.14. The van der Waals surface area contributed by atoms with E-state index in [1.165, 1.54) is 20.6 Å². The predicted octanol–water partition coefficient (Wildman–Crippen LogP) is 1.02. The number of rotatable bonds is 8. The fraction of sp³-hybridized carbons (Fsp3) is 0.474. The van der Waals surface area contributed by atoms with Crippen LogP contribution in [0.15, 0.2) is 24.3 Å². The number of ether oxygens (including phenoxy) is 2. The Bertz CT molecular complexity index is 721. The number of pyridine rings is 1. The largest absolute Gasteiger partial charge is 0.481 e. The van der Waals surface area contributed by atoms with Gasteiger partial charge in [0, 0.05) is 30.8 Å². The van der Waals surface area contributed by atoms with Crippen molar-refractivity contribution in [1.29, 1.82) is 0 Å². The summed E-state index contributed by atoms with van der Waals surface area (Å²) in [7, 11) is 3.02. The number of nitrogens with zero attached hydrogens (tertiary/aromatic N) is 2. The third kappa shape index (κ3) is 8.18. The highest BCUT2D eigenvalue weighted by molar-refractivity contribution is 5.96. The molecule has 160 valence electrons. The highest BCUT2D eigenvalue weighted by Crippen LogP contribution is 2.20. The van der Waals surface area contributed by atoms with Crippen LogP contribution in [0.2, 0.25) is 0 Å². The molecule has 1 amide bonds. The molecule has 2 rings (SSSR count). The number of methoxy groups -OCH3 is 2. The number of likely N-dealkylation sites (N-methyl/N-ethyl adjacent to an activating group) is 1. The molecule has 0 aromatic carbocycles. The second kappa shape index (κ2) is 12.3. The predicted molar refractivity (Wildman–Crippen MR) is 104 cm³/mol. The molecule has 0 spiro atoms. The minimum atomic E-state index is -1.26. The first kappa shape index (κ1) is 23.9. The van der Waals surface area contributed by atoms with Crippen LogP contribution in [0.5, 0.6) is 11.8 Å². The highest BCUT2D eigenvalue weighted by atomic mass is 16.5. The van der Waals surface area contributed by atoms with Gasteiger partial charge in [-0.15, -0.1) is 0 Å². The van der Waals surface area contributed by atoms with Gasteiger partial charge in [0.1, 0.15) is 5.56 Å². The van der Waals surface area contributed by atoms with E-state index in [0.717, 1.165) is 19.5 Å². The normalized spacial score (nSPS) is 16.0. The van der Waals surface area contributed by atoms with Gasteiger partial charge in [0.25, 0.3) is 5.91 Å². The van der Waals surface area contributed by atoms with Crippen LogP contribution in [-0.4, -0.2) is 77.8 Å². The summed E-state index contributed by atoms with van der Waals surface area (Å²) in [6.45, 7) is 4.94. The van der Waals surface area contributed by atoms with Crippen molar-refractivity contribution >= 4 is 17.8 Å². The van der Waals surface area contributed by atoms with E-state index in [2.05, 4.69) is 22.1 Å². The summed E-state index contributed by atoms with van der Waals surface area (Å²) in [5.41, 5.74) is 0.430. The lowest BCUT2D eigenvalue weighted by Crippen LogP contribution is -2.40. The molecule has 10 nitrogen and oxygen atoms in total. The quantitative estimate of drug-likeness (QED) is 0.537. The molecule has 1 aromatic rings. The monoisotopic (exact) mass is 409 g/mol. The summed E-state index contributed by atoms with van der Waals surface area (Å²) in [4.78, 5) is 37.9. The molecule has 2 heterocycles. The summed E-state index contributed by atoms with van der Waals surface area (Å²) < 4.78 is 10.2. The number of carboxylic acids is 2. The molecule has 10 heteroatoms. The first-order chi connectivity index (χ1) is 13.8. The molecule has 0 radical (unpaired) electrons. The van der Waals surface area contributed by atoms with Gasteiger partial charge in [-0.05, 0) is 32.0 Å². The van der Waals surface area contributed by atoms with Crippen LogP contribution in [0, 0.1) is 0 Å². The van der Waals surface area contributed by atoms with E-state index >= 15 is 0 Å². The van der Waals surface area contributed by atoms with Crippen molar-refractivity contribution in [3.63, 3.8) is 0 Å². The van der Waals surface area contributed by atoms with Gasteiger partial charge in [-0.1, -0.05) is 6.92 Å². The minimum Gasteiger partial charge on any atom is -0.481 e. The van der Waals surface area contributed by atoms with Gasteiger partial charge in [0.2, 0.25) is 11.8 Å². The molecule has 1 aromatic heterocycles. The number of carbonyl (C=O) groups is 3. The van der Waals surface area contributed by atoms with Gasteiger partial charge < -0.3 is 25.0 Å². The standard InChI is InChI=1S/C15H23N3O3.C4H4O4/c1-4-18-9-5-6-11(18)10-16-14(19)12-7-8-13(20-2)17-15(12)21-3;5-3(6)1-2-4(7)8/h7-8,11H,4-6,9-10H2,1-3H3,(H,16,19);1-2H,(H,5,6)(H,7,8)/b;2-1-. The van der Waals surface area contributed by atoms with Gasteiger partial charge in [-0.2, -0.15) is 4.98 Å². The van der Waals surface area contributed by atoms with Crippen molar-refractivity contribution in [3.05, 3.63) is 29.8 Å². The van der Waals surface area contributed by atoms with Crippen molar-refractivity contribution in [3.8, 4) is 11.8 Å². The molecule has 1 atom stereocenters. The van der Waals surface area contributed by atoms with Crippen molar-refractivity contribution in [1.82, 2.24) is 15.2 Å². The van der Waals surface area contributed by atoms with E-state index in [1.807, 2.05) is 0 Å². The smallest absolute Gasteiger partial charge is 0.328 e. The van der Waals surface area contributed by atoms with Gasteiger partial charge in [-0.25, -0.2) is 9.59 Å². The molecule has 1 fully saturated rings. The molecule has 29 heavy (non-hydrogen) atoms. The van der Waals surface area contributed by atoms with E-state index in [-0.39, 0.29) is 11.8 Å². The Kier molecular flexibility index (Phi) is 10.2. The van der Waals surface area contributed by atoms with Crippen LogP contribution in [0.1, 0.15) is 30.1 Å². The Morgan fingerprint density at radius 3 is 2.38 bits per heavy atom. The second-order valence-corrected chi connectivity index (χ2v) is 6.05. The number of likely N-dealkylation sites (tertiary alicyclic amines) is 1. The number of hydrogen-bond donors (Lipinski definition) is 3. The average molecular weight is 409 g/mol. The van der Waals surface area contributed by atoms with E-state index in [1.54, 1.807) is 12.1 Å². The Morgan fingerprint density at radius 1 is 1.21 bits per heavy atom. The summed E-state index contributed by atoms with van der Waals surface area (Å²) in [6.07, 6.45) is 3.44. The number of hydrogen-bond acceptors (Lipinski definition) is 7. The van der Waals surface area contributed by atoms with Crippen molar-refractivity contribution in [2.24, 2.45) is 0 Å². The zero-order chi connectivity index (χ0) is 21.8. The topological polar surface area (TPSA) is 138 Å². The van der Waals surface area contributed by atoms with Crippen LogP contribution in [0.3, 0.4) is 0 Å². The van der Waals surface area contributed by atoms with Crippen molar-refractivity contribution in [2.75, 3.05) is 33.9 Å². The third-order valence-corrected chi connectivity index (χ3v) is 4.25.